The quantitative estimate of drug-likeness (QED) is 0.748. The van der Waals surface area contributed by atoms with Gasteiger partial charge in [0, 0.05) is 32.4 Å². The van der Waals surface area contributed by atoms with E-state index < -0.39 is 6.04 Å². The smallest absolute Gasteiger partial charge is 0.239 e. The molecule has 0 fully saturated rings. The van der Waals surface area contributed by atoms with Gasteiger partial charge in [-0.25, -0.2) is 0 Å². The summed E-state index contributed by atoms with van der Waals surface area (Å²) in [7, 11) is 1.53. The molecule has 0 saturated carbocycles. The Morgan fingerprint density at radius 3 is 2.55 bits per heavy atom. The number of nitrogens with zero attached hydrogens (tertiary/aromatic N) is 1. The number of nitrogens with one attached hydrogen (secondary N) is 1. The van der Waals surface area contributed by atoms with E-state index in [0.29, 0.717) is 6.54 Å². The minimum absolute atomic E-state index is 0. The lowest BCUT2D eigenvalue weighted by atomic mass is 10.2. The highest BCUT2D eigenvalue weighted by molar-refractivity contribution is 5.85. The number of rotatable bonds is 8. The molecular formula is C15H27Cl2N3O2. The molecule has 128 valence electrons. The van der Waals surface area contributed by atoms with Crippen LogP contribution in [-0.4, -0.2) is 45.3 Å². The van der Waals surface area contributed by atoms with Crippen molar-refractivity contribution in [3.8, 4) is 0 Å². The molecule has 3 N–H and O–H groups in total. The maximum atomic E-state index is 11.7. The number of likely N-dealkylation sites (N-methyl/N-ethyl adjacent to an activating group) is 1. The van der Waals surface area contributed by atoms with Crippen molar-refractivity contribution in [2.75, 3.05) is 38.3 Å². The van der Waals surface area contributed by atoms with Gasteiger partial charge in [-0.05, 0) is 25.5 Å². The summed E-state index contributed by atoms with van der Waals surface area (Å²) < 4.78 is 4.86. The van der Waals surface area contributed by atoms with Crippen molar-refractivity contribution in [3.05, 3.63) is 29.8 Å². The highest BCUT2D eigenvalue weighted by Gasteiger charge is 2.13. The van der Waals surface area contributed by atoms with E-state index in [1.165, 1.54) is 18.4 Å². The molecule has 1 unspecified atom stereocenters. The zero-order valence-corrected chi connectivity index (χ0v) is 15.0. The number of methoxy groups -OCH3 is 1. The second-order valence-corrected chi connectivity index (χ2v) is 4.72. The van der Waals surface area contributed by atoms with E-state index in [1.54, 1.807) is 0 Å². The number of halogens is 2. The molecule has 0 radical (unpaired) electrons. The first kappa shape index (κ1) is 23.3. The maximum absolute atomic E-state index is 11.7. The van der Waals surface area contributed by atoms with Crippen LogP contribution in [0, 0.1) is 6.92 Å². The molecule has 0 aliphatic carbocycles. The Labute approximate surface area is 145 Å². The summed E-state index contributed by atoms with van der Waals surface area (Å²) in [6, 6.07) is 7.63. The van der Waals surface area contributed by atoms with Gasteiger partial charge in [-0.15, -0.1) is 24.8 Å². The average Bonchev–Trinajstić information content (AvgIpc) is 2.44. The van der Waals surface area contributed by atoms with E-state index in [9.17, 15) is 4.79 Å². The zero-order valence-electron chi connectivity index (χ0n) is 13.4. The summed E-state index contributed by atoms with van der Waals surface area (Å²) in [5.74, 6) is -0.173. The molecule has 0 bridgehead atoms. The fraction of sp³-hybridized carbons (Fsp3) is 0.533. The van der Waals surface area contributed by atoms with Crippen LogP contribution in [0.4, 0.5) is 5.69 Å². The number of amides is 1. The van der Waals surface area contributed by atoms with Crippen LogP contribution < -0.4 is 16.0 Å². The van der Waals surface area contributed by atoms with Gasteiger partial charge in [0.25, 0.3) is 0 Å². The topological polar surface area (TPSA) is 67.6 Å². The Balaban J connectivity index is 0. The van der Waals surface area contributed by atoms with Crippen LogP contribution in [0.2, 0.25) is 0 Å². The average molecular weight is 352 g/mol. The number of carbonyl (C=O) groups excluding carboxylic acids is 1. The summed E-state index contributed by atoms with van der Waals surface area (Å²) in [5, 5.41) is 2.84. The number of ether oxygens (including phenoxy) is 1. The van der Waals surface area contributed by atoms with Crippen molar-refractivity contribution >= 4 is 36.4 Å². The minimum Gasteiger partial charge on any atom is -0.383 e. The summed E-state index contributed by atoms with van der Waals surface area (Å²) in [6.45, 7) is 6.65. The highest BCUT2D eigenvalue weighted by Crippen LogP contribution is 2.18. The first-order chi connectivity index (χ1) is 9.60. The van der Waals surface area contributed by atoms with Crippen LogP contribution in [0.5, 0.6) is 0 Å². The van der Waals surface area contributed by atoms with Gasteiger partial charge >= 0.3 is 0 Å². The van der Waals surface area contributed by atoms with Gasteiger partial charge in [0.15, 0.2) is 0 Å². The van der Waals surface area contributed by atoms with Crippen molar-refractivity contribution in [2.45, 2.75) is 19.9 Å². The molecule has 0 aromatic heterocycles. The van der Waals surface area contributed by atoms with Gasteiger partial charge < -0.3 is 20.7 Å². The lowest BCUT2D eigenvalue weighted by Gasteiger charge is -2.25. The number of benzene rings is 1. The molecule has 0 spiro atoms. The van der Waals surface area contributed by atoms with E-state index in [0.717, 1.165) is 13.1 Å². The molecule has 0 saturated heterocycles. The zero-order chi connectivity index (χ0) is 15.0. The first-order valence-corrected chi connectivity index (χ1v) is 6.93. The van der Waals surface area contributed by atoms with Gasteiger partial charge in [-0.2, -0.15) is 0 Å². The number of hydrogen-bond donors (Lipinski definition) is 2. The number of para-hydroxylation sites is 1. The molecule has 1 atom stereocenters. The number of nitrogens with two attached hydrogens (primary N) is 1. The second-order valence-electron chi connectivity index (χ2n) is 4.72. The molecule has 0 heterocycles. The molecule has 1 aromatic rings. The van der Waals surface area contributed by atoms with Crippen LogP contribution >= 0.6 is 24.8 Å². The maximum Gasteiger partial charge on any atom is 0.239 e. The number of carbonyl (C=O) groups is 1. The molecule has 0 aliphatic heterocycles. The molecule has 22 heavy (non-hydrogen) atoms. The lowest BCUT2D eigenvalue weighted by Crippen LogP contribution is -2.45. The predicted molar refractivity (Wildman–Crippen MR) is 96.4 cm³/mol. The molecule has 7 heteroatoms. The van der Waals surface area contributed by atoms with E-state index in [1.807, 2.05) is 12.1 Å². The summed E-state index contributed by atoms with van der Waals surface area (Å²) >= 11 is 0. The SMILES string of the molecule is CCN(CCNC(=O)C(N)COC)c1ccccc1C.Cl.Cl. The summed E-state index contributed by atoms with van der Waals surface area (Å²) in [5.41, 5.74) is 8.09. The lowest BCUT2D eigenvalue weighted by molar-refractivity contribution is -0.123. The fourth-order valence-corrected chi connectivity index (χ4v) is 2.07. The van der Waals surface area contributed by atoms with E-state index in [4.69, 9.17) is 10.5 Å². The van der Waals surface area contributed by atoms with Gasteiger partial charge in [-0.3, -0.25) is 4.79 Å². The predicted octanol–water partition coefficient (Wildman–Crippen LogP) is 1.75. The van der Waals surface area contributed by atoms with Crippen molar-refractivity contribution < 1.29 is 9.53 Å². The third-order valence-corrected chi connectivity index (χ3v) is 3.20. The fourth-order valence-electron chi connectivity index (χ4n) is 2.07. The minimum atomic E-state index is -0.603. The highest BCUT2D eigenvalue weighted by atomic mass is 35.5. The third-order valence-electron chi connectivity index (χ3n) is 3.20. The van der Waals surface area contributed by atoms with Gasteiger partial charge in [0.2, 0.25) is 5.91 Å². The standard InChI is InChI=1S/C15H25N3O2.2ClH/c1-4-18(14-8-6-5-7-12(14)2)10-9-17-15(19)13(16)11-20-3;;/h5-8,13H,4,9-11,16H2,1-3H3,(H,17,19);2*1H. The summed E-state index contributed by atoms with van der Waals surface area (Å²) in [6.07, 6.45) is 0. The number of hydrogen-bond acceptors (Lipinski definition) is 4. The van der Waals surface area contributed by atoms with Crippen molar-refractivity contribution in [1.82, 2.24) is 5.32 Å². The van der Waals surface area contributed by atoms with Gasteiger partial charge in [0.05, 0.1) is 6.61 Å². The molecule has 0 aliphatic rings. The monoisotopic (exact) mass is 351 g/mol. The first-order valence-electron chi connectivity index (χ1n) is 6.93. The Bertz CT molecular complexity index is 433. The van der Waals surface area contributed by atoms with Crippen molar-refractivity contribution in [1.29, 1.82) is 0 Å². The van der Waals surface area contributed by atoms with Crippen LogP contribution in [0.1, 0.15) is 12.5 Å². The molecule has 1 rings (SSSR count). The Morgan fingerprint density at radius 1 is 1.36 bits per heavy atom. The Hall–Kier alpha value is -1.01. The third kappa shape index (κ3) is 7.31. The van der Waals surface area contributed by atoms with E-state index >= 15 is 0 Å². The van der Waals surface area contributed by atoms with Crippen molar-refractivity contribution in [2.24, 2.45) is 5.73 Å². The number of aryl methyl sites for hydroxylation is 1. The Kier molecular flexibility index (Phi) is 13.2. The van der Waals surface area contributed by atoms with Gasteiger partial charge in [0.1, 0.15) is 6.04 Å². The normalized spacial score (nSPS) is 10.9. The van der Waals surface area contributed by atoms with Crippen LogP contribution in [0.15, 0.2) is 24.3 Å². The van der Waals surface area contributed by atoms with E-state index in [-0.39, 0.29) is 37.3 Å². The van der Waals surface area contributed by atoms with Crippen LogP contribution in [-0.2, 0) is 9.53 Å². The Morgan fingerprint density at radius 2 is 2.00 bits per heavy atom. The summed E-state index contributed by atoms with van der Waals surface area (Å²) in [4.78, 5) is 13.9. The van der Waals surface area contributed by atoms with Crippen LogP contribution in [0.25, 0.3) is 0 Å². The van der Waals surface area contributed by atoms with E-state index in [2.05, 4.69) is 36.2 Å². The molecule has 1 aromatic carbocycles. The molecule has 5 nitrogen and oxygen atoms in total. The second kappa shape index (κ2) is 12.5. The van der Waals surface area contributed by atoms with Gasteiger partial charge in [-0.1, -0.05) is 18.2 Å². The van der Waals surface area contributed by atoms with Crippen molar-refractivity contribution in [3.63, 3.8) is 0 Å². The largest absolute Gasteiger partial charge is 0.383 e. The number of anilines is 1. The molecule has 1 amide bonds. The molecular weight excluding hydrogens is 325 g/mol. The van der Waals surface area contributed by atoms with Crippen LogP contribution in [0.3, 0.4) is 0 Å².